The predicted octanol–water partition coefficient (Wildman–Crippen LogP) is 4.23. The van der Waals surface area contributed by atoms with Gasteiger partial charge in [-0.05, 0) is 37.6 Å². The molecule has 0 aliphatic heterocycles. The Hall–Kier alpha value is -2.88. The average Bonchev–Trinajstić information content (AvgIpc) is 3.00. The van der Waals surface area contributed by atoms with Gasteiger partial charge in [0.25, 0.3) is 0 Å². The highest BCUT2D eigenvalue weighted by Crippen LogP contribution is 2.33. The van der Waals surface area contributed by atoms with Gasteiger partial charge in [-0.15, -0.1) is 0 Å². The Balaban J connectivity index is 2.23. The minimum atomic E-state index is -0.356. The summed E-state index contributed by atoms with van der Waals surface area (Å²) in [5, 5.41) is 0. The SMILES string of the molecule is CCOC(=O)c1cc2ccccn2c1[C@@H](CC(C)=O)c1ccccc1. The topological polar surface area (TPSA) is 47.8 Å². The molecule has 0 bridgehead atoms. The first-order chi connectivity index (χ1) is 12.1. The monoisotopic (exact) mass is 335 g/mol. The fourth-order valence-corrected chi connectivity index (χ4v) is 3.22. The summed E-state index contributed by atoms with van der Waals surface area (Å²) in [4.78, 5) is 24.5. The quantitative estimate of drug-likeness (QED) is 0.634. The van der Waals surface area contributed by atoms with Crippen LogP contribution in [-0.4, -0.2) is 22.8 Å². The first-order valence-corrected chi connectivity index (χ1v) is 8.43. The zero-order valence-corrected chi connectivity index (χ0v) is 14.4. The number of esters is 1. The highest BCUT2D eigenvalue weighted by Gasteiger charge is 2.27. The number of carbonyl (C=O) groups is 2. The van der Waals surface area contributed by atoms with E-state index in [1.54, 1.807) is 13.8 Å². The van der Waals surface area contributed by atoms with Gasteiger partial charge in [-0.2, -0.15) is 0 Å². The van der Waals surface area contributed by atoms with Crippen molar-refractivity contribution in [3.63, 3.8) is 0 Å². The molecule has 1 atom stereocenters. The van der Waals surface area contributed by atoms with Gasteiger partial charge >= 0.3 is 5.97 Å². The zero-order chi connectivity index (χ0) is 17.8. The molecule has 2 heterocycles. The number of ether oxygens (including phenoxy) is 1. The second-order valence-corrected chi connectivity index (χ2v) is 6.03. The van der Waals surface area contributed by atoms with Crippen molar-refractivity contribution < 1.29 is 14.3 Å². The molecule has 0 N–H and O–H groups in total. The van der Waals surface area contributed by atoms with E-state index in [-0.39, 0.29) is 17.7 Å². The first-order valence-electron chi connectivity index (χ1n) is 8.43. The highest BCUT2D eigenvalue weighted by molar-refractivity contribution is 5.93. The third-order valence-corrected chi connectivity index (χ3v) is 4.24. The van der Waals surface area contributed by atoms with Gasteiger partial charge in [0.15, 0.2) is 0 Å². The molecule has 0 unspecified atom stereocenters. The second-order valence-electron chi connectivity index (χ2n) is 6.03. The number of nitrogens with zero attached hydrogens (tertiary/aromatic N) is 1. The average molecular weight is 335 g/mol. The Morgan fingerprint density at radius 1 is 1.08 bits per heavy atom. The zero-order valence-electron chi connectivity index (χ0n) is 14.4. The van der Waals surface area contributed by atoms with E-state index in [2.05, 4.69) is 0 Å². The van der Waals surface area contributed by atoms with Crippen LogP contribution in [-0.2, 0) is 9.53 Å². The maximum atomic E-state index is 12.5. The normalized spacial score (nSPS) is 12.1. The molecule has 3 aromatic rings. The maximum Gasteiger partial charge on any atom is 0.340 e. The van der Waals surface area contributed by atoms with Crippen LogP contribution in [0, 0.1) is 0 Å². The highest BCUT2D eigenvalue weighted by atomic mass is 16.5. The molecular weight excluding hydrogens is 314 g/mol. The van der Waals surface area contributed by atoms with Gasteiger partial charge in [-0.3, -0.25) is 4.79 Å². The summed E-state index contributed by atoms with van der Waals surface area (Å²) in [5.41, 5.74) is 3.23. The smallest absolute Gasteiger partial charge is 0.340 e. The molecule has 1 aromatic carbocycles. The lowest BCUT2D eigenvalue weighted by Gasteiger charge is -2.18. The molecule has 3 rings (SSSR count). The molecule has 0 amide bonds. The fraction of sp³-hybridized carbons (Fsp3) is 0.238. The number of hydrogen-bond donors (Lipinski definition) is 0. The summed E-state index contributed by atoms with van der Waals surface area (Å²) in [6.07, 6.45) is 2.25. The predicted molar refractivity (Wildman–Crippen MR) is 96.9 cm³/mol. The number of Topliss-reactive ketones (excluding diaryl/α,β-unsaturated/α-hetero) is 1. The molecule has 0 saturated carbocycles. The lowest BCUT2D eigenvalue weighted by molar-refractivity contribution is -0.117. The van der Waals surface area contributed by atoms with Crippen molar-refractivity contribution >= 4 is 17.3 Å². The van der Waals surface area contributed by atoms with E-state index in [0.717, 1.165) is 16.8 Å². The van der Waals surface area contributed by atoms with E-state index < -0.39 is 0 Å². The van der Waals surface area contributed by atoms with E-state index in [1.807, 2.05) is 65.2 Å². The summed E-state index contributed by atoms with van der Waals surface area (Å²) in [5.74, 6) is -0.483. The Morgan fingerprint density at radius 2 is 1.80 bits per heavy atom. The summed E-state index contributed by atoms with van der Waals surface area (Å²) < 4.78 is 7.23. The van der Waals surface area contributed by atoms with E-state index in [4.69, 9.17) is 4.74 Å². The maximum absolute atomic E-state index is 12.5. The van der Waals surface area contributed by atoms with Gasteiger partial charge in [0.05, 0.1) is 12.2 Å². The van der Waals surface area contributed by atoms with Crippen LogP contribution in [0.2, 0.25) is 0 Å². The minimum absolute atomic E-state index is 0.0783. The number of aromatic nitrogens is 1. The summed E-state index contributed by atoms with van der Waals surface area (Å²) in [6.45, 7) is 3.68. The van der Waals surface area contributed by atoms with E-state index in [9.17, 15) is 9.59 Å². The van der Waals surface area contributed by atoms with Crippen molar-refractivity contribution in [1.82, 2.24) is 4.40 Å². The number of ketones is 1. The van der Waals surface area contributed by atoms with Crippen LogP contribution < -0.4 is 0 Å². The van der Waals surface area contributed by atoms with Crippen molar-refractivity contribution in [3.8, 4) is 0 Å². The minimum Gasteiger partial charge on any atom is -0.462 e. The number of pyridine rings is 1. The van der Waals surface area contributed by atoms with Crippen LogP contribution in [0.4, 0.5) is 0 Å². The van der Waals surface area contributed by atoms with Crippen molar-refractivity contribution in [2.45, 2.75) is 26.2 Å². The number of carbonyl (C=O) groups excluding carboxylic acids is 2. The fourth-order valence-electron chi connectivity index (χ4n) is 3.22. The third-order valence-electron chi connectivity index (χ3n) is 4.24. The summed E-state index contributed by atoms with van der Waals surface area (Å²) in [7, 11) is 0. The molecule has 0 saturated heterocycles. The Bertz CT molecular complexity index is 896. The lowest BCUT2D eigenvalue weighted by Crippen LogP contribution is -2.14. The molecule has 4 heteroatoms. The summed E-state index contributed by atoms with van der Waals surface area (Å²) >= 11 is 0. The van der Waals surface area contributed by atoms with Gasteiger partial charge in [-0.1, -0.05) is 36.4 Å². The number of fused-ring (bicyclic) bond motifs is 1. The van der Waals surface area contributed by atoms with Crippen LogP contribution in [0.5, 0.6) is 0 Å². The van der Waals surface area contributed by atoms with E-state index in [1.165, 1.54) is 0 Å². The van der Waals surface area contributed by atoms with E-state index in [0.29, 0.717) is 18.6 Å². The van der Waals surface area contributed by atoms with Crippen LogP contribution in [0.3, 0.4) is 0 Å². The molecule has 0 spiro atoms. The number of benzene rings is 1. The van der Waals surface area contributed by atoms with Gasteiger partial charge in [0.2, 0.25) is 0 Å². The largest absolute Gasteiger partial charge is 0.462 e. The van der Waals surface area contributed by atoms with Crippen LogP contribution in [0.1, 0.15) is 47.8 Å². The number of rotatable bonds is 6. The van der Waals surface area contributed by atoms with Gasteiger partial charge in [-0.25, -0.2) is 4.79 Å². The third kappa shape index (κ3) is 3.48. The van der Waals surface area contributed by atoms with Crippen LogP contribution in [0.25, 0.3) is 5.52 Å². The molecule has 25 heavy (non-hydrogen) atoms. The van der Waals surface area contributed by atoms with Crippen molar-refractivity contribution in [1.29, 1.82) is 0 Å². The molecule has 2 aromatic heterocycles. The van der Waals surface area contributed by atoms with E-state index >= 15 is 0 Å². The second kappa shape index (κ2) is 7.34. The molecule has 0 aliphatic rings. The molecule has 0 radical (unpaired) electrons. The first kappa shape index (κ1) is 17.0. The molecule has 0 fully saturated rings. The van der Waals surface area contributed by atoms with Crippen LogP contribution in [0.15, 0.2) is 60.8 Å². The molecule has 4 nitrogen and oxygen atoms in total. The Morgan fingerprint density at radius 3 is 2.48 bits per heavy atom. The van der Waals surface area contributed by atoms with Crippen LogP contribution >= 0.6 is 0 Å². The van der Waals surface area contributed by atoms with Gasteiger partial charge < -0.3 is 9.14 Å². The van der Waals surface area contributed by atoms with Crippen molar-refractivity contribution in [3.05, 3.63) is 77.6 Å². The number of hydrogen-bond acceptors (Lipinski definition) is 3. The standard InChI is InChI=1S/C21H21NO3/c1-3-25-21(24)19-14-17-11-7-8-12-22(17)20(19)18(13-15(2)23)16-9-5-4-6-10-16/h4-12,14,18H,3,13H2,1-2H3/t18-/m0/s1. The van der Waals surface area contributed by atoms with Crippen molar-refractivity contribution in [2.75, 3.05) is 6.61 Å². The summed E-state index contributed by atoms with van der Waals surface area (Å²) in [6, 6.07) is 17.4. The molecule has 0 aliphatic carbocycles. The molecule has 128 valence electrons. The lowest BCUT2D eigenvalue weighted by atomic mass is 9.89. The molecular formula is C21H21NO3. The Labute approximate surface area is 147 Å². The van der Waals surface area contributed by atoms with Crippen molar-refractivity contribution in [2.24, 2.45) is 0 Å². The van der Waals surface area contributed by atoms with Gasteiger partial charge in [0.1, 0.15) is 5.78 Å². The Kier molecular flexibility index (Phi) is 4.98. The van der Waals surface area contributed by atoms with Gasteiger partial charge in [0, 0.05) is 29.7 Å².